The molecule has 3 N–H and O–H groups in total. The molecule has 3 heterocycles. The number of rotatable bonds is 4. The van der Waals surface area contributed by atoms with Crippen molar-refractivity contribution in [1.82, 2.24) is 35.0 Å². The number of aromatic amines is 2. The van der Waals surface area contributed by atoms with Crippen LogP contribution in [0.2, 0.25) is 0 Å². The Bertz CT molecular complexity index is 1130. The number of H-pyrrole nitrogens is 2. The molecular formula is C17H15N7O2. The number of hydrogen-bond donors (Lipinski definition) is 3. The molecule has 26 heavy (non-hydrogen) atoms. The van der Waals surface area contributed by atoms with Crippen molar-refractivity contribution in [3.63, 3.8) is 0 Å². The van der Waals surface area contributed by atoms with Gasteiger partial charge >= 0.3 is 5.69 Å². The van der Waals surface area contributed by atoms with E-state index in [2.05, 4.69) is 30.4 Å². The second kappa shape index (κ2) is 6.28. The molecule has 130 valence electrons. The number of benzene rings is 1. The Morgan fingerprint density at radius 2 is 2.04 bits per heavy atom. The van der Waals surface area contributed by atoms with E-state index in [4.69, 9.17) is 0 Å². The average Bonchev–Trinajstić information content (AvgIpc) is 3.29. The van der Waals surface area contributed by atoms with Crippen molar-refractivity contribution in [2.75, 3.05) is 0 Å². The van der Waals surface area contributed by atoms with Gasteiger partial charge in [-0.25, -0.2) is 19.4 Å². The molecule has 0 spiro atoms. The molecule has 3 aromatic heterocycles. The largest absolute Gasteiger partial charge is 0.346 e. The first-order valence-corrected chi connectivity index (χ1v) is 7.94. The van der Waals surface area contributed by atoms with E-state index in [1.165, 1.54) is 17.3 Å². The number of imidazole rings is 1. The van der Waals surface area contributed by atoms with E-state index in [-0.39, 0.29) is 17.6 Å². The van der Waals surface area contributed by atoms with Crippen LogP contribution in [0.25, 0.3) is 16.9 Å². The standard InChI is InChI=1S/C17H15N7O2/c1-10(11-2-3-13-14(6-11)23-17(26)22-13)21-16(25)12-4-5-19-15(7-12)24-9-18-8-20-24/h2-10H,1H3,(H,21,25)(H2,22,23,26)/t10-/m0/s1. The van der Waals surface area contributed by atoms with Crippen molar-refractivity contribution in [3.05, 3.63) is 70.8 Å². The second-order valence-electron chi connectivity index (χ2n) is 5.82. The topological polar surface area (TPSA) is 121 Å². The number of amides is 1. The monoisotopic (exact) mass is 349 g/mol. The zero-order valence-corrected chi connectivity index (χ0v) is 13.8. The first kappa shape index (κ1) is 15.8. The highest BCUT2D eigenvalue weighted by molar-refractivity contribution is 5.94. The highest BCUT2D eigenvalue weighted by Gasteiger charge is 2.13. The van der Waals surface area contributed by atoms with Gasteiger partial charge in [0.2, 0.25) is 0 Å². The van der Waals surface area contributed by atoms with Crippen LogP contribution < -0.4 is 11.0 Å². The quantitative estimate of drug-likeness (QED) is 0.513. The number of carbonyl (C=O) groups excluding carboxylic acids is 1. The molecule has 9 heteroatoms. The van der Waals surface area contributed by atoms with E-state index in [1.54, 1.807) is 24.4 Å². The molecule has 0 aliphatic heterocycles. The van der Waals surface area contributed by atoms with Crippen LogP contribution in [0.5, 0.6) is 0 Å². The summed E-state index contributed by atoms with van der Waals surface area (Å²) >= 11 is 0. The molecule has 4 rings (SSSR count). The summed E-state index contributed by atoms with van der Waals surface area (Å²) in [5.41, 5.74) is 2.52. The minimum atomic E-state index is -0.258. The van der Waals surface area contributed by atoms with E-state index >= 15 is 0 Å². The van der Waals surface area contributed by atoms with E-state index < -0.39 is 0 Å². The van der Waals surface area contributed by atoms with Crippen LogP contribution >= 0.6 is 0 Å². The van der Waals surface area contributed by atoms with Gasteiger partial charge in [0, 0.05) is 11.8 Å². The van der Waals surface area contributed by atoms with Crippen LogP contribution in [0.15, 0.2) is 54.0 Å². The first-order valence-electron chi connectivity index (χ1n) is 7.94. The van der Waals surface area contributed by atoms with Gasteiger partial charge < -0.3 is 15.3 Å². The predicted molar refractivity (Wildman–Crippen MR) is 94.0 cm³/mol. The van der Waals surface area contributed by atoms with Crippen molar-refractivity contribution in [1.29, 1.82) is 0 Å². The number of nitrogens with zero attached hydrogens (tertiary/aromatic N) is 4. The van der Waals surface area contributed by atoms with Crippen molar-refractivity contribution in [2.24, 2.45) is 0 Å². The van der Waals surface area contributed by atoms with E-state index in [0.717, 1.165) is 11.1 Å². The molecule has 0 radical (unpaired) electrons. The summed E-state index contributed by atoms with van der Waals surface area (Å²) in [6.45, 7) is 1.88. The van der Waals surface area contributed by atoms with Crippen molar-refractivity contribution >= 4 is 16.9 Å². The fraction of sp³-hybridized carbons (Fsp3) is 0.118. The molecule has 4 aromatic rings. The number of pyridine rings is 1. The Balaban J connectivity index is 1.55. The molecule has 1 atom stereocenters. The Hall–Kier alpha value is -3.75. The van der Waals surface area contributed by atoms with E-state index in [0.29, 0.717) is 16.9 Å². The van der Waals surface area contributed by atoms with Gasteiger partial charge in [0.05, 0.1) is 17.1 Å². The SMILES string of the molecule is C[C@H](NC(=O)c1ccnc(-n2cncn2)c1)c1ccc2[nH]c(=O)[nH]c2c1. The summed E-state index contributed by atoms with van der Waals surface area (Å²) < 4.78 is 1.48. The van der Waals surface area contributed by atoms with Gasteiger partial charge in [-0.05, 0) is 36.8 Å². The zero-order valence-electron chi connectivity index (χ0n) is 13.8. The number of hydrogen-bond acceptors (Lipinski definition) is 5. The smallest absolute Gasteiger partial charge is 0.323 e. The molecule has 0 unspecified atom stereocenters. The molecule has 1 amide bonds. The Kier molecular flexibility index (Phi) is 3.81. The Labute approximate surface area is 147 Å². The lowest BCUT2D eigenvalue weighted by molar-refractivity contribution is 0.0939. The van der Waals surface area contributed by atoms with Crippen LogP contribution in [0.1, 0.15) is 28.9 Å². The van der Waals surface area contributed by atoms with Crippen LogP contribution in [-0.4, -0.2) is 35.6 Å². The van der Waals surface area contributed by atoms with E-state index in [9.17, 15) is 9.59 Å². The van der Waals surface area contributed by atoms with Gasteiger partial charge in [-0.15, -0.1) is 0 Å². The molecule has 0 bridgehead atoms. The average molecular weight is 349 g/mol. The van der Waals surface area contributed by atoms with Crippen molar-refractivity contribution in [3.8, 4) is 5.82 Å². The van der Waals surface area contributed by atoms with Gasteiger partial charge in [0.1, 0.15) is 12.7 Å². The van der Waals surface area contributed by atoms with Gasteiger partial charge in [0.15, 0.2) is 5.82 Å². The van der Waals surface area contributed by atoms with Crippen LogP contribution in [0, 0.1) is 0 Å². The Morgan fingerprint density at radius 3 is 2.85 bits per heavy atom. The third-order valence-corrected chi connectivity index (χ3v) is 4.05. The third-order valence-electron chi connectivity index (χ3n) is 4.05. The molecule has 9 nitrogen and oxygen atoms in total. The fourth-order valence-electron chi connectivity index (χ4n) is 2.69. The lowest BCUT2D eigenvalue weighted by atomic mass is 10.1. The highest BCUT2D eigenvalue weighted by atomic mass is 16.2. The zero-order chi connectivity index (χ0) is 18.1. The normalized spacial score (nSPS) is 12.2. The number of fused-ring (bicyclic) bond motifs is 1. The molecule has 0 fully saturated rings. The van der Waals surface area contributed by atoms with Gasteiger partial charge in [0.25, 0.3) is 5.91 Å². The molecule has 0 aliphatic carbocycles. The predicted octanol–water partition coefficient (Wildman–Crippen LogP) is 1.32. The maximum Gasteiger partial charge on any atom is 0.323 e. The molecule has 1 aromatic carbocycles. The molecule has 0 saturated heterocycles. The molecule has 0 aliphatic rings. The minimum absolute atomic E-state index is 0.232. The molecule has 0 saturated carbocycles. The van der Waals surface area contributed by atoms with Crippen LogP contribution in [0.3, 0.4) is 0 Å². The summed E-state index contributed by atoms with van der Waals surface area (Å²) in [6, 6.07) is 8.54. The Morgan fingerprint density at radius 1 is 1.19 bits per heavy atom. The lowest BCUT2D eigenvalue weighted by Gasteiger charge is -2.14. The van der Waals surface area contributed by atoms with E-state index in [1.807, 2.05) is 19.1 Å². The van der Waals surface area contributed by atoms with Crippen molar-refractivity contribution < 1.29 is 4.79 Å². The highest BCUT2D eigenvalue weighted by Crippen LogP contribution is 2.17. The van der Waals surface area contributed by atoms with Gasteiger partial charge in [-0.2, -0.15) is 5.10 Å². The maximum atomic E-state index is 12.6. The first-order chi connectivity index (χ1) is 12.6. The maximum absolute atomic E-state index is 12.6. The van der Waals surface area contributed by atoms with Crippen molar-refractivity contribution in [2.45, 2.75) is 13.0 Å². The summed E-state index contributed by atoms with van der Waals surface area (Å²) in [5.74, 6) is 0.276. The van der Waals surface area contributed by atoms with Crippen LogP contribution in [0.4, 0.5) is 0 Å². The molecular weight excluding hydrogens is 334 g/mol. The van der Waals surface area contributed by atoms with Crippen LogP contribution in [-0.2, 0) is 0 Å². The minimum Gasteiger partial charge on any atom is -0.346 e. The third kappa shape index (κ3) is 2.97. The van der Waals surface area contributed by atoms with Gasteiger partial charge in [-0.1, -0.05) is 6.07 Å². The fourth-order valence-corrected chi connectivity index (χ4v) is 2.69. The summed E-state index contributed by atoms with van der Waals surface area (Å²) in [4.78, 5) is 37.4. The van der Waals surface area contributed by atoms with Gasteiger partial charge in [-0.3, -0.25) is 4.79 Å². The number of carbonyl (C=O) groups is 1. The second-order valence-corrected chi connectivity index (χ2v) is 5.82. The number of nitrogens with one attached hydrogen (secondary N) is 3. The number of aromatic nitrogens is 6. The summed E-state index contributed by atoms with van der Waals surface area (Å²) in [7, 11) is 0. The summed E-state index contributed by atoms with van der Waals surface area (Å²) in [6.07, 6.45) is 4.46. The summed E-state index contributed by atoms with van der Waals surface area (Å²) in [5, 5.41) is 6.95. The lowest BCUT2D eigenvalue weighted by Crippen LogP contribution is -2.26.